The summed E-state index contributed by atoms with van der Waals surface area (Å²) >= 11 is 0. The van der Waals surface area contributed by atoms with Gasteiger partial charge in [0.15, 0.2) is 0 Å². The second-order valence-electron chi connectivity index (χ2n) is 4.06. The Morgan fingerprint density at radius 3 is 2.37 bits per heavy atom. The smallest absolute Gasteiger partial charge is 0.334 e. The van der Waals surface area contributed by atoms with Crippen molar-refractivity contribution in [3.8, 4) is 0 Å². The molecular formula is C14H17NO4. The number of benzene rings is 1. The average molecular weight is 263 g/mol. The lowest BCUT2D eigenvalue weighted by Gasteiger charge is -2.16. The molecule has 1 rings (SSSR count). The van der Waals surface area contributed by atoms with E-state index >= 15 is 0 Å². The summed E-state index contributed by atoms with van der Waals surface area (Å²) in [5.74, 6) is -0.604. The summed E-state index contributed by atoms with van der Waals surface area (Å²) < 4.78 is 4.92. The molecule has 0 saturated heterocycles. The van der Waals surface area contributed by atoms with Gasteiger partial charge in [-0.1, -0.05) is 25.6 Å². The summed E-state index contributed by atoms with van der Waals surface area (Å²) in [4.78, 5) is 21.8. The molecule has 0 unspecified atom stereocenters. The highest BCUT2D eigenvalue weighted by molar-refractivity contribution is 5.89. The Morgan fingerprint density at radius 1 is 1.37 bits per heavy atom. The third-order valence-corrected chi connectivity index (χ3v) is 2.87. The third kappa shape index (κ3) is 3.64. The summed E-state index contributed by atoms with van der Waals surface area (Å²) in [6.45, 7) is 7.73. The lowest BCUT2D eigenvalue weighted by molar-refractivity contribution is -0.384. The minimum atomic E-state index is -0.453. The molecule has 102 valence electrons. The lowest BCUT2D eigenvalue weighted by Crippen LogP contribution is -2.13. The van der Waals surface area contributed by atoms with Gasteiger partial charge in [0.1, 0.15) is 0 Å². The van der Waals surface area contributed by atoms with Crippen LogP contribution in [0.2, 0.25) is 0 Å². The molecule has 1 aromatic carbocycles. The quantitative estimate of drug-likeness (QED) is 0.342. The van der Waals surface area contributed by atoms with Gasteiger partial charge in [-0.25, -0.2) is 4.79 Å². The molecular weight excluding hydrogens is 246 g/mol. The highest BCUT2D eigenvalue weighted by Crippen LogP contribution is 2.28. The first-order chi connectivity index (χ1) is 9.01. The van der Waals surface area contributed by atoms with Crippen molar-refractivity contribution in [2.75, 3.05) is 6.61 Å². The minimum absolute atomic E-state index is 0.0281. The van der Waals surface area contributed by atoms with Crippen LogP contribution in [0.25, 0.3) is 0 Å². The molecule has 19 heavy (non-hydrogen) atoms. The van der Waals surface area contributed by atoms with E-state index in [1.807, 2.05) is 6.92 Å². The van der Waals surface area contributed by atoms with E-state index in [-0.39, 0.29) is 11.6 Å². The Labute approximate surface area is 112 Å². The largest absolute Gasteiger partial charge is 0.463 e. The van der Waals surface area contributed by atoms with Crippen LogP contribution in [0.1, 0.15) is 31.7 Å². The second-order valence-corrected chi connectivity index (χ2v) is 4.06. The molecule has 0 aliphatic rings. The number of esters is 1. The van der Waals surface area contributed by atoms with Crippen LogP contribution in [0.4, 0.5) is 5.69 Å². The second kappa shape index (κ2) is 6.68. The number of nitrogens with zero attached hydrogens (tertiary/aromatic N) is 1. The van der Waals surface area contributed by atoms with Crippen molar-refractivity contribution in [3.63, 3.8) is 0 Å². The van der Waals surface area contributed by atoms with Crippen LogP contribution < -0.4 is 0 Å². The Balaban J connectivity index is 2.94. The highest BCUT2D eigenvalue weighted by Gasteiger charge is 2.20. The van der Waals surface area contributed by atoms with Gasteiger partial charge in [0.25, 0.3) is 5.69 Å². The summed E-state index contributed by atoms with van der Waals surface area (Å²) in [5.41, 5.74) is 1.23. The maximum Gasteiger partial charge on any atom is 0.334 e. The van der Waals surface area contributed by atoms with Crippen LogP contribution >= 0.6 is 0 Å². The zero-order valence-electron chi connectivity index (χ0n) is 11.1. The normalized spacial score (nSPS) is 11.7. The van der Waals surface area contributed by atoms with Crippen molar-refractivity contribution in [2.45, 2.75) is 26.2 Å². The zero-order chi connectivity index (χ0) is 14.4. The molecule has 0 fully saturated rings. The van der Waals surface area contributed by atoms with Crippen LogP contribution in [0.3, 0.4) is 0 Å². The van der Waals surface area contributed by atoms with Gasteiger partial charge >= 0.3 is 5.97 Å². The van der Waals surface area contributed by atoms with Gasteiger partial charge in [0.05, 0.1) is 11.5 Å². The van der Waals surface area contributed by atoms with E-state index in [1.165, 1.54) is 12.1 Å². The molecule has 0 heterocycles. The van der Waals surface area contributed by atoms with E-state index in [1.54, 1.807) is 19.1 Å². The molecule has 0 aromatic heterocycles. The van der Waals surface area contributed by atoms with Crippen molar-refractivity contribution in [3.05, 3.63) is 52.1 Å². The Hall–Kier alpha value is -2.17. The molecule has 0 aliphatic carbocycles. The van der Waals surface area contributed by atoms with E-state index in [2.05, 4.69) is 6.58 Å². The number of hydrogen-bond donors (Lipinski definition) is 0. The molecule has 0 aliphatic heterocycles. The fraction of sp³-hybridized carbons (Fsp3) is 0.357. The summed E-state index contributed by atoms with van der Waals surface area (Å²) in [6, 6.07) is 6.15. The standard InChI is InChI=1S/C14H17NO4/c1-4-13(10(3)14(16)19-5-2)11-6-8-12(9-7-11)15(17)18/h6-9,13H,3-5H2,1-2H3/t13-/m1/s1. The highest BCUT2D eigenvalue weighted by atomic mass is 16.6. The molecule has 0 bridgehead atoms. The van der Waals surface area contributed by atoms with Crippen LogP contribution in [-0.4, -0.2) is 17.5 Å². The van der Waals surface area contributed by atoms with E-state index in [9.17, 15) is 14.9 Å². The van der Waals surface area contributed by atoms with Crippen LogP contribution in [0.5, 0.6) is 0 Å². The first-order valence-corrected chi connectivity index (χ1v) is 6.11. The maximum atomic E-state index is 11.7. The predicted octanol–water partition coefficient (Wildman–Crippen LogP) is 3.21. The minimum Gasteiger partial charge on any atom is -0.463 e. The topological polar surface area (TPSA) is 69.4 Å². The first-order valence-electron chi connectivity index (χ1n) is 6.11. The molecule has 1 atom stereocenters. The molecule has 5 heteroatoms. The van der Waals surface area contributed by atoms with Gasteiger partial charge in [0, 0.05) is 23.6 Å². The van der Waals surface area contributed by atoms with Gasteiger partial charge in [-0.05, 0) is 18.9 Å². The zero-order valence-corrected chi connectivity index (χ0v) is 11.1. The lowest BCUT2D eigenvalue weighted by atomic mass is 9.89. The Morgan fingerprint density at radius 2 is 1.95 bits per heavy atom. The van der Waals surface area contributed by atoms with Crippen molar-refractivity contribution < 1.29 is 14.5 Å². The van der Waals surface area contributed by atoms with E-state index in [0.717, 1.165) is 5.56 Å². The van der Waals surface area contributed by atoms with Gasteiger partial charge < -0.3 is 4.74 Å². The number of non-ortho nitro benzene ring substituents is 1. The average Bonchev–Trinajstić information content (AvgIpc) is 2.40. The van der Waals surface area contributed by atoms with E-state index < -0.39 is 10.9 Å². The van der Waals surface area contributed by atoms with Crippen molar-refractivity contribution in [1.82, 2.24) is 0 Å². The van der Waals surface area contributed by atoms with Crippen molar-refractivity contribution in [1.29, 1.82) is 0 Å². The number of ether oxygens (including phenoxy) is 1. The van der Waals surface area contributed by atoms with Crippen LogP contribution in [0, 0.1) is 10.1 Å². The summed E-state index contributed by atoms with van der Waals surface area (Å²) in [6.07, 6.45) is 0.676. The predicted molar refractivity (Wildman–Crippen MR) is 71.9 cm³/mol. The van der Waals surface area contributed by atoms with Crippen LogP contribution in [-0.2, 0) is 9.53 Å². The van der Waals surface area contributed by atoms with Gasteiger partial charge in [-0.15, -0.1) is 0 Å². The number of carbonyl (C=O) groups excluding carboxylic acids is 1. The van der Waals surface area contributed by atoms with Gasteiger partial charge in [-0.3, -0.25) is 10.1 Å². The van der Waals surface area contributed by atoms with E-state index in [4.69, 9.17) is 4.74 Å². The fourth-order valence-corrected chi connectivity index (χ4v) is 1.88. The Bertz CT molecular complexity index is 479. The molecule has 0 amide bonds. The number of rotatable bonds is 6. The van der Waals surface area contributed by atoms with Crippen molar-refractivity contribution >= 4 is 11.7 Å². The van der Waals surface area contributed by atoms with E-state index in [0.29, 0.717) is 18.6 Å². The molecule has 0 saturated carbocycles. The molecule has 0 N–H and O–H groups in total. The SMILES string of the molecule is C=C(C(=O)OCC)[C@@H](CC)c1ccc([N+](=O)[O-])cc1. The van der Waals surface area contributed by atoms with Crippen LogP contribution in [0.15, 0.2) is 36.4 Å². The molecule has 0 radical (unpaired) electrons. The molecule has 1 aromatic rings. The number of nitro benzene ring substituents is 1. The number of hydrogen-bond acceptors (Lipinski definition) is 4. The fourth-order valence-electron chi connectivity index (χ4n) is 1.88. The van der Waals surface area contributed by atoms with Gasteiger partial charge in [0.2, 0.25) is 0 Å². The van der Waals surface area contributed by atoms with Gasteiger partial charge in [-0.2, -0.15) is 0 Å². The molecule has 0 spiro atoms. The number of carbonyl (C=O) groups is 1. The third-order valence-electron chi connectivity index (χ3n) is 2.87. The summed E-state index contributed by atoms with van der Waals surface area (Å²) in [5, 5.41) is 10.6. The molecule has 5 nitrogen and oxygen atoms in total. The monoisotopic (exact) mass is 263 g/mol. The van der Waals surface area contributed by atoms with Crippen molar-refractivity contribution in [2.24, 2.45) is 0 Å². The summed E-state index contributed by atoms with van der Waals surface area (Å²) in [7, 11) is 0. The number of nitro groups is 1. The first kappa shape index (κ1) is 14.9. The Kier molecular flexibility index (Phi) is 5.23. The maximum absolute atomic E-state index is 11.7.